The maximum atomic E-state index is 13.6. The summed E-state index contributed by atoms with van der Waals surface area (Å²) in [5.41, 5.74) is 4.35. The summed E-state index contributed by atoms with van der Waals surface area (Å²) in [5, 5.41) is 6.78. The van der Waals surface area contributed by atoms with Crippen molar-refractivity contribution in [1.82, 2.24) is 5.32 Å². The van der Waals surface area contributed by atoms with Crippen molar-refractivity contribution in [3.63, 3.8) is 0 Å². The number of unbranched alkanes of at least 4 members (excludes halogenated alkanes) is 2. The van der Waals surface area contributed by atoms with E-state index in [0.29, 0.717) is 6.42 Å². The largest absolute Gasteiger partial charge is 0.694 e. The summed E-state index contributed by atoms with van der Waals surface area (Å²) in [6, 6.07) is 13.4. The quantitative estimate of drug-likeness (QED) is 0.292. The fourth-order valence-electron chi connectivity index (χ4n) is 3.15. The Balaban J connectivity index is 1.59. The number of benzene rings is 2. The van der Waals surface area contributed by atoms with E-state index in [1.807, 2.05) is 12.1 Å². The summed E-state index contributed by atoms with van der Waals surface area (Å²) >= 11 is 0. The third-order valence-corrected chi connectivity index (χ3v) is 5.12. The molecule has 5 nitrogen and oxygen atoms in total. The molecule has 1 unspecified atom stereocenters. The predicted molar refractivity (Wildman–Crippen MR) is 116 cm³/mol. The van der Waals surface area contributed by atoms with E-state index in [-0.39, 0.29) is 12.4 Å². The van der Waals surface area contributed by atoms with Crippen molar-refractivity contribution in [2.24, 2.45) is 0 Å². The molecule has 0 bridgehead atoms. The zero-order chi connectivity index (χ0) is 20.9. The number of halogens is 1. The summed E-state index contributed by atoms with van der Waals surface area (Å²) in [4.78, 5) is 8.55. The highest BCUT2D eigenvalue weighted by Crippen LogP contribution is 2.17. The van der Waals surface area contributed by atoms with Gasteiger partial charge in [0.25, 0.3) is 0 Å². The molecular formula is C22H31FN2O3P+. The van der Waals surface area contributed by atoms with Crippen molar-refractivity contribution in [3.8, 4) is 0 Å². The molecule has 0 aliphatic rings. The van der Waals surface area contributed by atoms with Gasteiger partial charge in [-0.05, 0) is 68.0 Å². The van der Waals surface area contributed by atoms with Crippen LogP contribution in [-0.2, 0) is 22.1 Å². The van der Waals surface area contributed by atoms with E-state index in [0.717, 1.165) is 56.6 Å². The first-order valence-electron chi connectivity index (χ1n) is 10.1. The minimum absolute atomic E-state index is 0.105. The standard InChI is InChI=1S/C22H30FN2O3P/c1-18-16-19(17-24-13-7-15-28-29(26)27)11-12-22(18)25-14-6-2-3-8-20-9-4-5-10-21(20)23/h4-5,9-12,16,24-25H,2-3,6-8,13-15,17H2,1H3/p+1. The van der Waals surface area contributed by atoms with Crippen LogP contribution < -0.4 is 10.6 Å². The molecule has 0 amide bonds. The molecule has 0 aliphatic heterocycles. The smallest absolute Gasteiger partial charge is 0.385 e. The van der Waals surface area contributed by atoms with Gasteiger partial charge in [0.2, 0.25) is 0 Å². The molecule has 2 rings (SSSR count). The molecule has 0 spiro atoms. The van der Waals surface area contributed by atoms with Crippen LogP contribution in [0.1, 0.15) is 42.4 Å². The van der Waals surface area contributed by atoms with E-state index >= 15 is 0 Å². The first-order chi connectivity index (χ1) is 14.1. The van der Waals surface area contributed by atoms with Crippen molar-refractivity contribution in [2.75, 3.05) is 25.0 Å². The number of hydrogen-bond acceptors (Lipinski definition) is 4. The highest BCUT2D eigenvalue weighted by molar-refractivity contribution is 7.32. The fraction of sp³-hybridized carbons (Fsp3) is 0.455. The van der Waals surface area contributed by atoms with E-state index in [2.05, 4.69) is 40.3 Å². The average molecular weight is 421 g/mol. The molecule has 0 heterocycles. The topological polar surface area (TPSA) is 70.6 Å². The van der Waals surface area contributed by atoms with E-state index in [4.69, 9.17) is 4.89 Å². The molecule has 2 aromatic rings. The lowest BCUT2D eigenvalue weighted by molar-refractivity contribution is 0.276. The van der Waals surface area contributed by atoms with Gasteiger partial charge in [-0.2, -0.15) is 0 Å². The van der Waals surface area contributed by atoms with Crippen LogP contribution in [0.4, 0.5) is 10.1 Å². The van der Waals surface area contributed by atoms with Gasteiger partial charge in [0.15, 0.2) is 0 Å². The van der Waals surface area contributed by atoms with E-state index in [9.17, 15) is 8.96 Å². The first-order valence-corrected chi connectivity index (χ1v) is 11.3. The van der Waals surface area contributed by atoms with Gasteiger partial charge >= 0.3 is 8.25 Å². The first kappa shape index (κ1) is 23.4. The van der Waals surface area contributed by atoms with Crippen LogP contribution in [0.2, 0.25) is 0 Å². The fourth-order valence-corrected chi connectivity index (χ4v) is 3.43. The Morgan fingerprint density at radius 3 is 2.66 bits per heavy atom. The van der Waals surface area contributed by atoms with E-state index in [1.165, 1.54) is 17.2 Å². The molecule has 0 radical (unpaired) electrons. The lowest BCUT2D eigenvalue weighted by atomic mass is 10.1. The highest BCUT2D eigenvalue weighted by Gasteiger charge is 2.10. The van der Waals surface area contributed by atoms with Gasteiger partial charge in [-0.25, -0.2) is 4.39 Å². The molecule has 7 heteroatoms. The second-order valence-electron chi connectivity index (χ2n) is 7.08. The van der Waals surface area contributed by atoms with Crippen LogP contribution in [0.25, 0.3) is 0 Å². The van der Waals surface area contributed by atoms with Crippen LogP contribution >= 0.6 is 8.25 Å². The molecule has 0 saturated heterocycles. The highest BCUT2D eigenvalue weighted by atomic mass is 31.1. The minimum atomic E-state index is -2.49. The van der Waals surface area contributed by atoms with Gasteiger partial charge in [0.1, 0.15) is 12.4 Å². The van der Waals surface area contributed by atoms with Crippen molar-refractivity contribution in [3.05, 3.63) is 65.0 Å². The summed E-state index contributed by atoms with van der Waals surface area (Å²) in [6.07, 6.45) is 4.59. The van der Waals surface area contributed by atoms with E-state index < -0.39 is 8.25 Å². The number of hydrogen-bond donors (Lipinski definition) is 3. The Kier molecular flexibility index (Phi) is 10.8. The third kappa shape index (κ3) is 9.46. The van der Waals surface area contributed by atoms with Crippen molar-refractivity contribution >= 4 is 13.9 Å². The predicted octanol–water partition coefficient (Wildman–Crippen LogP) is 5.11. The van der Waals surface area contributed by atoms with Crippen LogP contribution in [-0.4, -0.2) is 24.6 Å². The van der Waals surface area contributed by atoms with Gasteiger partial charge in [-0.3, -0.25) is 0 Å². The van der Waals surface area contributed by atoms with Crippen LogP contribution in [0.15, 0.2) is 42.5 Å². The van der Waals surface area contributed by atoms with Crippen molar-refractivity contribution in [2.45, 2.75) is 45.6 Å². The maximum absolute atomic E-state index is 13.6. The Hall–Kier alpha value is -1.85. The van der Waals surface area contributed by atoms with Gasteiger partial charge in [0.05, 0.1) is 0 Å². The summed E-state index contributed by atoms with van der Waals surface area (Å²) < 4.78 is 28.6. The molecule has 3 N–H and O–H groups in total. The zero-order valence-corrected chi connectivity index (χ0v) is 17.9. The summed E-state index contributed by atoms with van der Waals surface area (Å²) in [7, 11) is -2.49. The number of nitrogens with one attached hydrogen (secondary N) is 2. The minimum Gasteiger partial charge on any atom is -0.385 e. The lowest BCUT2D eigenvalue weighted by Gasteiger charge is -2.12. The Labute approximate surface area is 173 Å². The normalized spacial score (nSPS) is 11.5. The summed E-state index contributed by atoms with van der Waals surface area (Å²) in [5.74, 6) is -0.105. The molecule has 1 atom stereocenters. The van der Waals surface area contributed by atoms with Crippen molar-refractivity contribution in [1.29, 1.82) is 0 Å². The Morgan fingerprint density at radius 2 is 1.90 bits per heavy atom. The molecular weight excluding hydrogens is 390 g/mol. The second-order valence-corrected chi connectivity index (χ2v) is 7.81. The molecule has 29 heavy (non-hydrogen) atoms. The number of anilines is 1. The van der Waals surface area contributed by atoms with E-state index in [1.54, 1.807) is 6.07 Å². The lowest BCUT2D eigenvalue weighted by Crippen LogP contribution is -2.16. The Morgan fingerprint density at radius 1 is 1.07 bits per heavy atom. The van der Waals surface area contributed by atoms with Crippen LogP contribution in [0.5, 0.6) is 0 Å². The number of rotatable bonds is 14. The number of aryl methyl sites for hydroxylation is 2. The SMILES string of the molecule is Cc1cc(CNCCCO[P+](=O)O)ccc1NCCCCCc1ccccc1F. The van der Waals surface area contributed by atoms with Gasteiger partial charge in [0, 0.05) is 23.3 Å². The van der Waals surface area contributed by atoms with Gasteiger partial charge in [-0.1, -0.05) is 36.8 Å². The van der Waals surface area contributed by atoms with Gasteiger partial charge in [-0.15, -0.1) is 9.42 Å². The average Bonchev–Trinajstić information content (AvgIpc) is 2.69. The van der Waals surface area contributed by atoms with Crippen LogP contribution in [0.3, 0.4) is 0 Å². The molecule has 0 fully saturated rings. The zero-order valence-electron chi connectivity index (χ0n) is 17.0. The van der Waals surface area contributed by atoms with Crippen LogP contribution in [0, 0.1) is 12.7 Å². The molecule has 2 aromatic carbocycles. The monoisotopic (exact) mass is 421 g/mol. The molecule has 0 aromatic heterocycles. The molecule has 0 saturated carbocycles. The third-order valence-electron chi connectivity index (χ3n) is 4.72. The second kappa shape index (κ2) is 13.4. The summed E-state index contributed by atoms with van der Waals surface area (Å²) in [6.45, 7) is 4.76. The van der Waals surface area contributed by atoms with Gasteiger partial charge < -0.3 is 10.6 Å². The molecule has 158 valence electrons. The van der Waals surface area contributed by atoms with Crippen molar-refractivity contribution < 1.29 is 18.4 Å². The Bertz CT molecular complexity index is 773. The molecule has 0 aliphatic carbocycles. The maximum Gasteiger partial charge on any atom is 0.694 e.